The van der Waals surface area contributed by atoms with Gasteiger partial charge >= 0.3 is 0 Å². The summed E-state index contributed by atoms with van der Waals surface area (Å²) < 4.78 is 0. The van der Waals surface area contributed by atoms with Crippen LogP contribution in [0.15, 0.2) is 24.3 Å². The molecule has 1 amide bonds. The zero-order valence-electron chi connectivity index (χ0n) is 12.2. The van der Waals surface area contributed by atoms with Gasteiger partial charge in [-0.05, 0) is 28.9 Å². The van der Waals surface area contributed by atoms with Gasteiger partial charge in [-0.3, -0.25) is 4.79 Å². The largest absolute Gasteiger partial charge is 0.359 e. The minimum atomic E-state index is 0.113. The molecule has 0 aliphatic rings. The zero-order chi connectivity index (χ0) is 13.8. The number of benzene rings is 1. The minimum absolute atomic E-state index is 0.113. The van der Waals surface area contributed by atoms with Gasteiger partial charge in [-0.25, -0.2) is 0 Å². The van der Waals surface area contributed by atoms with Crippen LogP contribution >= 0.6 is 0 Å². The number of rotatable bonds is 4. The van der Waals surface area contributed by atoms with Crippen molar-refractivity contribution >= 4 is 5.91 Å². The Morgan fingerprint density at radius 3 is 2.17 bits per heavy atom. The highest BCUT2D eigenvalue weighted by Gasteiger charge is 2.16. The Labute approximate surface area is 111 Å². The maximum atomic E-state index is 11.5. The van der Waals surface area contributed by atoms with Gasteiger partial charge in [0.15, 0.2) is 0 Å². The smallest absolute Gasteiger partial charge is 0.220 e. The van der Waals surface area contributed by atoms with E-state index in [1.807, 2.05) is 0 Å². The molecule has 100 valence electrons. The Kier molecular flexibility index (Phi) is 4.94. The normalized spacial score (nSPS) is 13.2. The van der Waals surface area contributed by atoms with E-state index in [1.165, 1.54) is 11.1 Å². The Bertz CT molecular complexity index is 387. The molecule has 1 rings (SSSR count). The molecule has 2 heteroatoms. The van der Waals surface area contributed by atoms with Gasteiger partial charge in [-0.15, -0.1) is 0 Å². The summed E-state index contributed by atoms with van der Waals surface area (Å²) in [6, 6.07) is 8.69. The molecule has 0 radical (unpaired) electrons. The van der Waals surface area contributed by atoms with Crippen molar-refractivity contribution in [3.63, 3.8) is 0 Å². The number of hydrogen-bond donors (Lipinski definition) is 1. The number of amides is 1. The molecule has 1 atom stereocenters. The number of hydrogen-bond acceptors (Lipinski definition) is 1. The van der Waals surface area contributed by atoms with Crippen molar-refractivity contribution in [2.45, 2.75) is 51.9 Å². The standard InChI is InChI=1S/C16H25NO/c1-6-12(11-15(18)17-5)13-7-9-14(10-8-13)16(2,3)4/h7-10,12H,6,11H2,1-5H3,(H,17,18). The zero-order valence-corrected chi connectivity index (χ0v) is 12.2. The molecule has 0 saturated heterocycles. The van der Waals surface area contributed by atoms with E-state index in [4.69, 9.17) is 0 Å². The third-order valence-electron chi connectivity index (χ3n) is 3.45. The first-order valence-electron chi connectivity index (χ1n) is 6.69. The van der Waals surface area contributed by atoms with Gasteiger partial charge < -0.3 is 5.32 Å². The van der Waals surface area contributed by atoms with Crippen molar-refractivity contribution in [2.24, 2.45) is 0 Å². The highest BCUT2D eigenvalue weighted by Crippen LogP contribution is 2.27. The lowest BCUT2D eigenvalue weighted by atomic mass is 9.84. The van der Waals surface area contributed by atoms with Crippen LogP contribution in [0.4, 0.5) is 0 Å². The molecule has 0 heterocycles. The van der Waals surface area contributed by atoms with Crippen molar-refractivity contribution in [3.8, 4) is 0 Å². The van der Waals surface area contributed by atoms with Crippen LogP contribution in [0.1, 0.15) is 57.6 Å². The number of carbonyl (C=O) groups is 1. The summed E-state index contributed by atoms with van der Waals surface area (Å²) in [5, 5.41) is 2.70. The highest BCUT2D eigenvalue weighted by molar-refractivity contribution is 5.76. The van der Waals surface area contributed by atoms with Gasteiger partial charge in [-0.1, -0.05) is 52.0 Å². The van der Waals surface area contributed by atoms with E-state index in [2.05, 4.69) is 57.3 Å². The van der Waals surface area contributed by atoms with Crippen molar-refractivity contribution < 1.29 is 4.79 Å². The maximum absolute atomic E-state index is 11.5. The van der Waals surface area contributed by atoms with Gasteiger partial charge in [0.1, 0.15) is 0 Å². The van der Waals surface area contributed by atoms with E-state index in [-0.39, 0.29) is 11.3 Å². The molecule has 1 aromatic rings. The Morgan fingerprint density at radius 1 is 1.22 bits per heavy atom. The molecule has 0 aliphatic heterocycles. The van der Waals surface area contributed by atoms with Crippen molar-refractivity contribution in [2.75, 3.05) is 7.05 Å². The maximum Gasteiger partial charge on any atom is 0.220 e. The van der Waals surface area contributed by atoms with Crippen LogP contribution in [0.5, 0.6) is 0 Å². The molecule has 0 saturated carbocycles. The fraction of sp³-hybridized carbons (Fsp3) is 0.562. The average molecular weight is 247 g/mol. The highest BCUT2D eigenvalue weighted by atomic mass is 16.1. The van der Waals surface area contributed by atoms with Gasteiger partial charge in [0.05, 0.1) is 0 Å². The Hall–Kier alpha value is -1.31. The third-order valence-corrected chi connectivity index (χ3v) is 3.45. The lowest BCUT2D eigenvalue weighted by molar-refractivity contribution is -0.121. The molecule has 2 nitrogen and oxygen atoms in total. The molecular weight excluding hydrogens is 222 g/mol. The van der Waals surface area contributed by atoms with Crippen molar-refractivity contribution in [1.29, 1.82) is 0 Å². The summed E-state index contributed by atoms with van der Waals surface area (Å²) in [5.74, 6) is 0.431. The number of carbonyl (C=O) groups excluding carboxylic acids is 1. The number of nitrogens with one attached hydrogen (secondary N) is 1. The summed E-state index contributed by atoms with van der Waals surface area (Å²) in [5.41, 5.74) is 2.77. The second kappa shape index (κ2) is 6.03. The van der Waals surface area contributed by atoms with Gasteiger partial charge in [0, 0.05) is 13.5 Å². The molecule has 0 aromatic heterocycles. The van der Waals surface area contributed by atoms with E-state index in [0.29, 0.717) is 12.3 Å². The molecule has 0 spiro atoms. The molecule has 1 aromatic carbocycles. The van der Waals surface area contributed by atoms with Crippen LogP contribution in [-0.4, -0.2) is 13.0 Å². The second-order valence-electron chi connectivity index (χ2n) is 5.85. The summed E-state index contributed by atoms with van der Waals surface area (Å²) in [4.78, 5) is 11.5. The summed E-state index contributed by atoms with van der Waals surface area (Å²) in [6.07, 6.45) is 1.56. The van der Waals surface area contributed by atoms with E-state index in [9.17, 15) is 4.79 Å². The summed E-state index contributed by atoms with van der Waals surface area (Å²) in [7, 11) is 1.69. The fourth-order valence-electron chi connectivity index (χ4n) is 2.08. The quantitative estimate of drug-likeness (QED) is 0.865. The monoisotopic (exact) mass is 247 g/mol. The molecule has 1 N–H and O–H groups in total. The van der Waals surface area contributed by atoms with Crippen molar-refractivity contribution in [3.05, 3.63) is 35.4 Å². The molecule has 0 fully saturated rings. The first-order chi connectivity index (χ1) is 8.38. The molecule has 18 heavy (non-hydrogen) atoms. The van der Waals surface area contributed by atoms with Crippen LogP contribution in [0.2, 0.25) is 0 Å². The van der Waals surface area contributed by atoms with Crippen molar-refractivity contribution in [1.82, 2.24) is 5.32 Å². The summed E-state index contributed by atoms with van der Waals surface area (Å²) in [6.45, 7) is 8.77. The lowest BCUT2D eigenvalue weighted by Crippen LogP contribution is -2.20. The van der Waals surface area contributed by atoms with Crippen LogP contribution in [-0.2, 0) is 10.2 Å². The van der Waals surface area contributed by atoms with Crippen LogP contribution in [0.3, 0.4) is 0 Å². The van der Waals surface area contributed by atoms with E-state index in [0.717, 1.165) is 6.42 Å². The molecule has 1 unspecified atom stereocenters. The van der Waals surface area contributed by atoms with Gasteiger partial charge in [0.2, 0.25) is 5.91 Å². The van der Waals surface area contributed by atoms with Crippen LogP contribution < -0.4 is 5.32 Å². The first kappa shape index (κ1) is 14.7. The predicted molar refractivity (Wildman–Crippen MR) is 76.9 cm³/mol. The second-order valence-corrected chi connectivity index (χ2v) is 5.85. The molecule has 0 aliphatic carbocycles. The third kappa shape index (κ3) is 3.86. The topological polar surface area (TPSA) is 29.1 Å². The fourth-order valence-corrected chi connectivity index (χ4v) is 2.08. The first-order valence-corrected chi connectivity index (χ1v) is 6.69. The van der Waals surface area contributed by atoms with E-state index >= 15 is 0 Å². The minimum Gasteiger partial charge on any atom is -0.359 e. The Balaban J connectivity index is 2.85. The predicted octanol–water partition coefficient (Wildman–Crippen LogP) is 3.61. The molecular formula is C16H25NO. The average Bonchev–Trinajstić information content (AvgIpc) is 2.34. The van der Waals surface area contributed by atoms with Gasteiger partial charge in [-0.2, -0.15) is 0 Å². The molecule has 0 bridgehead atoms. The van der Waals surface area contributed by atoms with E-state index in [1.54, 1.807) is 7.05 Å². The van der Waals surface area contributed by atoms with E-state index < -0.39 is 0 Å². The van der Waals surface area contributed by atoms with Crippen LogP contribution in [0.25, 0.3) is 0 Å². The SMILES string of the molecule is CCC(CC(=O)NC)c1ccc(C(C)(C)C)cc1. The summed E-state index contributed by atoms with van der Waals surface area (Å²) >= 11 is 0. The lowest BCUT2D eigenvalue weighted by Gasteiger charge is -2.21. The Morgan fingerprint density at radius 2 is 1.78 bits per heavy atom. The van der Waals surface area contributed by atoms with Crippen LogP contribution in [0, 0.1) is 0 Å². The van der Waals surface area contributed by atoms with Gasteiger partial charge in [0.25, 0.3) is 0 Å².